The Labute approximate surface area is 343 Å². The van der Waals surface area contributed by atoms with Gasteiger partial charge in [-0.2, -0.15) is 0 Å². The minimum atomic E-state index is 0.624. The van der Waals surface area contributed by atoms with E-state index in [0.717, 1.165) is 66.9 Å². The molecule has 0 unspecified atom stereocenters. The van der Waals surface area contributed by atoms with E-state index in [2.05, 4.69) is 162 Å². The van der Waals surface area contributed by atoms with Crippen molar-refractivity contribution in [3.63, 3.8) is 0 Å². The van der Waals surface area contributed by atoms with Crippen LogP contribution in [0.4, 0.5) is 0 Å². The Hall–Kier alpha value is -7.60. The lowest BCUT2D eigenvalue weighted by Crippen LogP contribution is -2.06. The van der Waals surface area contributed by atoms with Gasteiger partial charge in [0.25, 0.3) is 0 Å². The Morgan fingerprint density at radius 1 is 0.475 bits per heavy atom. The van der Waals surface area contributed by atoms with Crippen LogP contribution in [0.1, 0.15) is 16.7 Å². The fourth-order valence-corrected chi connectivity index (χ4v) is 9.87. The van der Waals surface area contributed by atoms with Gasteiger partial charge in [0.2, 0.25) is 0 Å². The monoisotopic (exact) mass is 771 g/mol. The number of benzene rings is 8. The number of hydrogen-bond donors (Lipinski definition) is 0. The average Bonchev–Trinajstić information content (AvgIpc) is 3.96. The summed E-state index contributed by atoms with van der Waals surface area (Å²) in [5.41, 5.74) is 12.1. The summed E-state index contributed by atoms with van der Waals surface area (Å²) >= 11 is 1.86. The van der Waals surface area contributed by atoms with Crippen molar-refractivity contribution in [2.45, 2.75) is 0 Å². The van der Waals surface area contributed by atoms with Gasteiger partial charge >= 0.3 is 0 Å². The maximum absolute atomic E-state index is 6.69. The minimum absolute atomic E-state index is 0.624. The number of fused-ring (bicyclic) bond motifs is 10. The second-order valence-electron chi connectivity index (χ2n) is 14.9. The lowest BCUT2D eigenvalue weighted by Gasteiger charge is -2.10. The van der Waals surface area contributed by atoms with Crippen molar-refractivity contribution in [2.75, 3.05) is 0 Å². The lowest BCUT2D eigenvalue weighted by molar-refractivity contribution is 0.669. The van der Waals surface area contributed by atoms with E-state index in [1.165, 1.54) is 42.0 Å². The third-order valence-corrected chi connectivity index (χ3v) is 12.6. The third kappa shape index (κ3) is 5.51. The van der Waals surface area contributed by atoms with Gasteiger partial charge in [-0.15, -0.1) is 11.3 Å². The molecule has 1 aliphatic heterocycles. The van der Waals surface area contributed by atoms with Crippen LogP contribution in [-0.2, 0) is 0 Å². The number of hydrogen-bond acceptors (Lipinski definition) is 4. The number of amidine groups is 1. The second kappa shape index (κ2) is 13.5. The van der Waals surface area contributed by atoms with Gasteiger partial charge in [0, 0.05) is 64.1 Å². The van der Waals surface area contributed by atoms with Crippen molar-refractivity contribution >= 4 is 92.5 Å². The summed E-state index contributed by atoms with van der Waals surface area (Å²) in [6.07, 6.45) is 6.14. The first-order valence-corrected chi connectivity index (χ1v) is 20.6. The predicted octanol–water partition coefficient (Wildman–Crippen LogP) is 14.6. The molecular formula is C54H33N3OS. The Morgan fingerprint density at radius 3 is 2.07 bits per heavy atom. The Bertz CT molecular complexity index is 3550. The first-order valence-electron chi connectivity index (χ1n) is 19.8. The maximum atomic E-state index is 6.69. The summed E-state index contributed by atoms with van der Waals surface area (Å²) in [4.78, 5) is 10.4. The number of nitrogens with zero attached hydrogens (tertiary/aromatic N) is 3. The molecule has 0 atom stereocenters. The molecule has 4 nitrogen and oxygen atoms in total. The summed E-state index contributed by atoms with van der Waals surface area (Å²) in [7, 11) is 0. The third-order valence-electron chi connectivity index (χ3n) is 11.4. The van der Waals surface area contributed by atoms with Gasteiger partial charge in [0.1, 0.15) is 11.2 Å². The Balaban J connectivity index is 1.03. The van der Waals surface area contributed by atoms with E-state index in [1.807, 2.05) is 53.8 Å². The average molecular weight is 772 g/mol. The van der Waals surface area contributed by atoms with E-state index in [0.29, 0.717) is 5.84 Å². The summed E-state index contributed by atoms with van der Waals surface area (Å²) in [5.74, 6) is 0.624. The second-order valence-corrected chi connectivity index (χ2v) is 16.0. The molecule has 0 saturated heterocycles. The molecule has 276 valence electrons. The van der Waals surface area contributed by atoms with Crippen molar-refractivity contribution in [1.29, 1.82) is 0 Å². The molecule has 4 heterocycles. The van der Waals surface area contributed by atoms with Crippen molar-refractivity contribution < 1.29 is 4.42 Å². The number of para-hydroxylation sites is 1. The standard InChI is InChI=1S/C54H33N3OS/c1-4-14-34(15-5-1)44-22-13-23-45(35-16-6-2-7-17-35)56-54(55-44)37-26-28-41-48(33-37)58-47-24-12-21-39(51(41)47)36-27-30-46-43(32-36)40-29-31-50-52(42-20-10-11-25-49(42)59-50)53(40)57(46)38-18-8-3-9-19-38/h1-33H/b22-13+,23-13?,44-22?,45-23+,55-44+,55-54?,56-45?,56-54-. The van der Waals surface area contributed by atoms with Crippen LogP contribution in [0.15, 0.2) is 215 Å². The quantitative estimate of drug-likeness (QED) is 0.172. The molecule has 3 aromatic heterocycles. The zero-order valence-corrected chi connectivity index (χ0v) is 32.5. The van der Waals surface area contributed by atoms with Crippen LogP contribution < -0.4 is 0 Å². The number of thiophene rings is 1. The number of aromatic nitrogens is 1. The highest BCUT2D eigenvalue weighted by molar-refractivity contribution is 7.26. The molecule has 0 amide bonds. The maximum Gasteiger partial charge on any atom is 0.160 e. The molecule has 0 spiro atoms. The summed E-state index contributed by atoms with van der Waals surface area (Å²) in [6, 6.07) is 64.3. The highest BCUT2D eigenvalue weighted by Gasteiger charge is 2.21. The van der Waals surface area contributed by atoms with Crippen molar-refractivity contribution in [2.24, 2.45) is 9.98 Å². The molecular weight excluding hydrogens is 739 g/mol. The van der Waals surface area contributed by atoms with Gasteiger partial charge in [-0.25, -0.2) is 9.98 Å². The molecule has 12 rings (SSSR count). The fourth-order valence-electron chi connectivity index (χ4n) is 8.76. The fraction of sp³-hybridized carbons (Fsp3) is 0. The van der Waals surface area contributed by atoms with Gasteiger partial charge < -0.3 is 8.98 Å². The summed E-state index contributed by atoms with van der Waals surface area (Å²) < 4.78 is 11.7. The zero-order chi connectivity index (χ0) is 38.9. The van der Waals surface area contributed by atoms with Gasteiger partial charge in [-0.1, -0.05) is 133 Å². The largest absolute Gasteiger partial charge is 0.456 e. The highest BCUT2D eigenvalue weighted by atomic mass is 32.1. The smallest absolute Gasteiger partial charge is 0.160 e. The van der Waals surface area contributed by atoms with Gasteiger partial charge in [-0.3, -0.25) is 0 Å². The molecule has 5 heteroatoms. The van der Waals surface area contributed by atoms with Gasteiger partial charge in [0.05, 0.1) is 22.4 Å². The van der Waals surface area contributed by atoms with Crippen LogP contribution >= 0.6 is 11.3 Å². The van der Waals surface area contributed by atoms with E-state index in [9.17, 15) is 0 Å². The molecule has 8 aromatic carbocycles. The first kappa shape index (κ1) is 33.5. The zero-order valence-electron chi connectivity index (χ0n) is 31.7. The molecule has 1 aliphatic rings. The van der Waals surface area contributed by atoms with E-state index in [4.69, 9.17) is 14.4 Å². The SMILES string of the molecule is C1=C/C(c2ccccc2)=N\C(c2ccc3c(c2)oc2cccc(-c4ccc5c(c4)c4ccc6sc7ccccc7c6c4n5-c4ccccc4)c23)=N/C(c2ccccc2)=C/1. The van der Waals surface area contributed by atoms with Crippen LogP contribution in [0.5, 0.6) is 0 Å². The van der Waals surface area contributed by atoms with E-state index >= 15 is 0 Å². The highest BCUT2D eigenvalue weighted by Crippen LogP contribution is 2.45. The molecule has 59 heavy (non-hydrogen) atoms. The van der Waals surface area contributed by atoms with Crippen LogP contribution in [0.25, 0.3) is 86.4 Å². The van der Waals surface area contributed by atoms with Crippen molar-refractivity contribution in [3.05, 3.63) is 217 Å². The van der Waals surface area contributed by atoms with E-state index in [1.54, 1.807) is 0 Å². The van der Waals surface area contributed by atoms with Crippen molar-refractivity contribution in [1.82, 2.24) is 4.57 Å². The van der Waals surface area contributed by atoms with Crippen molar-refractivity contribution in [3.8, 4) is 16.8 Å². The summed E-state index contributed by atoms with van der Waals surface area (Å²) in [6.45, 7) is 0. The number of furan rings is 1. The lowest BCUT2D eigenvalue weighted by atomic mass is 9.97. The molecule has 0 N–H and O–H groups in total. The molecule has 0 bridgehead atoms. The molecule has 0 aliphatic carbocycles. The minimum Gasteiger partial charge on any atom is -0.456 e. The van der Waals surface area contributed by atoms with Gasteiger partial charge in [0.15, 0.2) is 5.84 Å². The number of aliphatic imine (C=N–C) groups is 2. The molecule has 11 aromatic rings. The molecule has 0 radical (unpaired) electrons. The normalized spacial score (nSPS) is 16.5. The van der Waals surface area contributed by atoms with E-state index in [-0.39, 0.29) is 0 Å². The van der Waals surface area contributed by atoms with Gasteiger partial charge in [-0.05, 0) is 77.9 Å². The van der Waals surface area contributed by atoms with Crippen LogP contribution in [0.3, 0.4) is 0 Å². The Kier molecular flexibility index (Phi) is 7.68. The predicted molar refractivity (Wildman–Crippen MR) is 249 cm³/mol. The first-order chi connectivity index (χ1) is 29.2. The topological polar surface area (TPSA) is 42.8 Å². The van der Waals surface area contributed by atoms with Crippen LogP contribution in [0, 0.1) is 0 Å². The Morgan fingerprint density at radius 2 is 1.22 bits per heavy atom. The van der Waals surface area contributed by atoms with Crippen LogP contribution in [0.2, 0.25) is 0 Å². The van der Waals surface area contributed by atoms with E-state index < -0.39 is 0 Å². The van der Waals surface area contributed by atoms with Crippen LogP contribution in [-0.4, -0.2) is 16.1 Å². The molecule has 0 saturated carbocycles. The molecule has 0 fully saturated rings. The number of allylic oxidation sites excluding steroid dienone is 3. The number of rotatable bonds is 5. The summed E-state index contributed by atoms with van der Waals surface area (Å²) in [5, 5.41) is 7.20.